The summed E-state index contributed by atoms with van der Waals surface area (Å²) >= 11 is 0. The van der Waals surface area contributed by atoms with Crippen LogP contribution in [0.5, 0.6) is 5.75 Å². The van der Waals surface area contributed by atoms with E-state index < -0.39 is 5.91 Å². The van der Waals surface area contributed by atoms with Crippen molar-refractivity contribution in [2.24, 2.45) is 0 Å². The van der Waals surface area contributed by atoms with Gasteiger partial charge in [0.25, 0.3) is 5.91 Å². The van der Waals surface area contributed by atoms with Crippen molar-refractivity contribution < 1.29 is 18.5 Å². The normalized spacial score (nSPS) is 10.6. The highest BCUT2D eigenvalue weighted by atomic mass is 16.5. The Morgan fingerprint density at radius 2 is 2.00 bits per heavy atom. The number of benzene rings is 1. The molecule has 0 spiro atoms. The van der Waals surface area contributed by atoms with Gasteiger partial charge in [-0.2, -0.15) is 4.98 Å². The summed E-state index contributed by atoms with van der Waals surface area (Å²) in [7, 11) is 0. The van der Waals surface area contributed by atoms with Gasteiger partial charge < -0.3 is 19.0 Å². The molecule has 8 nitrogen and oxygen atoms in total. The molecule has 0 radical (unpaired) electrons. The minimum absolute atomic E-state index is 0.0752. The molecule has 0 unspecified atom stereocenters. The molecule has 3 heterocycles. The van der Waals surface area contributed by atoms with E-state index in [4.69, 9.17) is 13.7 Å². The molecule has 8 heteroatoms. The Hall–Kier alpha value is -3.94. The molecule has 0 saturated heterocycles. The van der Waals surface area contributed by atoms with Gasteiger partial charge in [-0.3, -0.25) is 9.78 Å². The highest BCUT2D eigenvalue weighted by Gasteiger charge is 2.17. The molecular formula is C20H16N4O4. The van der Waals surface area contributed by atoms with Crippen molar-refractivity contribution in [3.05, 3.63) is 84.4 Å². The second-order valence-corrected chi connectivity index (χ2v) is 5.81. The molecule has 1 amide bonds. The SMILES string of the molecule is O=C(NCc1nc(-c2cccnc2)no1)c1occc1COc1ccccc1. The molecule has 0 aliphatic carbocycles. The summed E-state index contributed by atoms with van der Waals surface area (Å²) in [6.45, 7) is 0.292. The standard InChI is InChI=1S/C20H16N4O4/c25-20(18-15(8-10-26-18)13-27-16-6-2-1-3-7-16)22-12-17-23-19(24-28-17)14-5-4-9-21-11-14/h1-11H,12-13H2,(H,22,25). The molecule has 0 saturated carbocycles. The van der Waals surface area contributed by atoms with Gasteiger partial charge in [0, 0.05) is 23.5 Å². The van der Waals surface area contributed by atoms with Gasteiger partial charge in [0.15, 0.2) is 5.76 Å². The smallest absolute Gasteiger partial charge is 0.287 e. The van der Waals surface area contributed by atoms with Crippen molar-refractivity contribution in [3.8, 4) is 17.1 Å². The average Bonchev–Trinajstić information content (AvgIpc) is 3.41. The zero-order valence-electron chi connectivity index (χ0n) is 14.7. The number of rotatable bonds is 7. The zero-order valence-corrected chi connectivity index (χ0v) is 14.7. The fraction of sp³-hybridized carbons (Fsp3) is 0.100. The maximum atomic E-state index is 12.4. The molecular weight excluding hydrogens is 360 g/mol. The molecule has 0 bridgehead atoms. The monoisotopic (exact) mass is 376 g/mol. The average molecular weight is 376 g/mol. The first-order chi connectivity index (χ1) is 13.8. The summed E-state index contributed by atoms with van der Waals surface area (Å²) in [5.41, 5.74) is 1.37. The highest BCUT2D eigenvalue weighted by molar-refractivity contribution is 5.92. The van der Waals surface area contributed by atoms with Gasteiger partial charge in [0.1, 0.15) is 12.4 Å². The number of pyridine rings is 1. The molecule has 0 aliphatic rings. The van der Waals surface area contributed by atoms with Crippen LogP contribution in [0.25, 0.3) is 11.4 Å². The van der Waals surface area contributed by atoms with Crippen LogP contribution in [0.3, 0.4) is 0 Å². The van der Waals surface area contributed by atoms with E-state index in [1.807, 2.05) is 36.4 Å². The van der Waals surface area contributed by atoms with Crippen molar-refractivity contribution in [1.29, 1.82) is 0 Å². The van der Waals surface area contributed by atoms with Crippen molar-refractivity contribution in [3.63, 3.8) is 0 Å². The Labute approximate surface area is 160 Å². The van der Waals surface area contributed by atoms with Crippen LogP contribution < -0.4 is 10.1 Å². The molecule has 28 heavy (non-hydrogen) atoms. The van der Waals surface area contributed by atoms with Gasteiger partial charge in [-0.1, -0.05) is 23.4 Å². The molecule has 140 valence electrons. The van der Waals surface area contributed by atoms with E-state index in [0.717, 1.165) is 5.56 Å². The number of hydrogen-bond acceptors (Lipinski definition) is 7. The maximum absolute atomic E-state index is 12.4. The molecule has 0 aliphatic heterocycles. The lowest BCUT2D eigenvalue weighted by molar-refractivity contribution is 0.0915. The van der Waals surface area contributed by atoms with Crippen LogP contribution in [0.4, 0.5) is 0 Å². The maximum Gasteiger partial charge on any atom is 0.287 e. The first-order valence-corrected chi connectivity index (χ1v) is 8.55. The number of nitrogens with zero attached hydrogens (tertiary/aromatic N) is 3. The summed E-state index contributed by atoms with van der Waals surface area (Å²) in [5.74, 6) is 1.19. The lowest BCUT2D eigenvalue weighted by atomic mass is 10.2. The zero-order chi connectivity index (χ0) is 19.2. The molecule has 1 N–H and O–H groups in total. The third kappa shape index (κ3) is 4.07. The summed E-state index contributed by atoms with van der Waals surface area (Å²) in [6, 6.07) is 14.6. The Morgan fingerprint density at radius 1 is 1.11 bits per heavy atom. The molecule has 4 aromatic rings. The van der Waals surface area contributed by atoms with Crippen LogP contribution >= 0.6 is 0 Å². The molecule has 0 fully saturated rings. The second kappa shape index (κ2) is 8.17. The third-order valence-corrected chi connectivity index (χ3v) is 3.88. The molecule has 0 atom stereocenters. The van der Waals surface area contributed by atoms with Crippen LogP contribution in [-0.4, -0.2) is 21.0 Å². The number of ether oxygens (including phenoxy) is 1. The summed E-state index contributed by atoms with van der Waals surface area (Å²) in [4.78, 5) is 20.7. The van der Waals surface area contributed by atoms with Gasteiger partial charge in [-0.25, -0.2) is 0 Å². The van der Waals surface area contributed by atoms with Crippen molar-refractivity contribution in [1.82, 2.24) is 20.4 Å². The Morgan fingerprint density at radius 3 is 2.82 bits per heavy atom. The lowest BCUT2D eigenvalue weighted by Crippen LogP contribution is -2.23. The number of furan rings is 1. The van der Waals surface area contributed by atoms with Crippen LogP contribution in [0.15, 0.2) is 76.1 Å². The molecule has 3 aromatic heterocycles. The molecule has 4 rings (SSSR count). The first kappa shape index (κ1) is 17.5. The van der Waals surface area contributed by atoms with Crippen LogP contribution in [0.2, 0.25) is 0 Å². The summed E-state index contributed by atoms with van der Waals surface area (Å²) in [6.07, 6.45) is 4.74. The van der Waals surface area contributed by atoms with E-state index in [2.05, 4.69) is 20.4 Å². The Balaban J connectivity index is 1.36. The van der Waals surface area contributed by atoms with Gasteiger partial charge >= 0.3 is 0 Å². The highest BCUT2D eigenvalue weighted by Crippen LogP contribution is 2.16. The number of para-hydroxylation sites is 1. The number of carbonyl (C=O) groups excluding carboxylic acids is 1. The number of amides is 1. The minimum atomic E-state index is -0.391. The van der Waals surface area contributed by atoms with Gasteiger partial charge in [-0.05, 0) is 30.3 Å². The van der Waals surface area contributed by atoms with Crippen LogP contribution in [0.1, 0.15) is 22.0 Å². The van der Waals surface area contributed by atoms with E-state index in [0.29, 0.717) is 17.1 Å². The first-order valence-electron chi connectivity index (χ1n) is 8.55. The second-order valence-electron chi connectivity index (χ2n) is 5.81. The van der Waals surface area contributed by atoms with Crippen LogP contribution in [-0.2, 0) is 13.2 Å². The van der Waals surface area contributed by atoms with Gasteiger partial charge in [0.05, 0.1) is 12.8 Å². The Kier molecular flexibility index (Phi) is 5.10. The summed E-state index contributed by atoms with van der Waals surface area (Å²) < 4.78 is 16.1. The van der Waals surface area contributed by atoms with E-state index in [9.17, 15) is 4.79 Å². The number of hydrogen-bond donors (Lipinski definition) is 1. The topological polar surface area (TPSA) is 103 Å². The Bertz CT molecular complexity index is 1040. The lowest BCUT2D eigenvalue weighted by Gasteiger charge is -2.06. The van der Waals surface area contributed by atoms with Crippen molar-refractivity contribution in [2.45, 2.75) is 13.2 Å². The van der Waals surface area contributed by atoms with Gasteiger partial charge in [-0.15, -0.1) is 0 Å². The summed E-state index contributed by atoms with van der Waals surface area (Å²) in [5, 5.41) is 6.59. The molecule has 1 aromatic carbocycles. The quantitative estimate of drug-likeness (QED) is 0.528. The van der Waals surface area contributed by atoms with E-state index >= 15 is 0 Å². The predicted octanol–water partition coefficient (Wildman–Crippen LogP) is 3.23. The minimum Gasteiger partial charge on any atom is -0.489 e. The number of aromatic nitrogens is 3. The van der Waals surface area contributed by atoms with Crippen molar-refractivity contribution >= 4 is 5.91 Å². The number of carbonyl (C=O) groups is 1. The fourth-order valence-corrected chi connectivity index (χ4v) is 2.50. The predicted molar refractivity (Wildman–Crippen MR) is 98.2 cm³/mol. The van der Waals surface area contributed by atoms with E-state index in [1.54, 1.807) is 24.5 Å². The number of nitrogens with one attached hydrogen (secondary N) is 1. The van der Waals surface area contributed by atoms with Crippen LogP contribution in [0, 0.1) is 0 Å². The van der Waals surface area contributed by atoms with Gasteiger partial charge in [0.2, 0.25) is 11.7 Å². The fourth-order valence-electron chi connectivity index (χ4n) is 2.50. The van der Waals surface area contributed by atoms with Crippen molar-refractivity contribution in [2.75, 3.05) is 0 Å². The largest absolute Gasteiger partial charge is 0.489 e. The van der Waals surface area contributed by atoms with E-state index in [-0.39, 0.29) is 24.8 Å². The van der Waals surface area contributed by atoms with E-state index in [1.165, 1.54) is 6.26 Å². The third-order valence-electron chi connectivity index (χ3n) is 3.88.